The van der Waals surface area contributed by atoms with Crippen LogP contribution in [0.4, 0.5) is 0 Å². The van der Waals surface area contributed by atoms with Gasteiger partial charge < -0.3 is 4.74 Å². The van der Waals surface area contributed by atoms with E-state index >= 15 is 0 Å². The summed E-state index contributed by atoms with van der Waals surface area (Å²) in [6.45, 7) is 2.52. The van der Waals surface area contributed by atoms with E-state index in [0.29, 0.717) is 12.4 Å². The summed E-state index contributed by atoms with van der Waals surface area (Å²) >= 11 is 0. The molecular formula is C9H9NO. The summed E-state index contributed by atoms with van der Waals surface area (Å²) < 4.78 is 5.22. The molecule has 0 fully saturated rings. The highest BCUT2D eigenvalue weighted by Crippen LogP contribution is 2.13. The highest BCUT2D eigenvalue weighted by molar-refractivity contribution is 5.42. The first-order chi connectivity index (χ1) is 5.38. The minimum atomic E-state index is 0.611. The molecule has 0 radical (unpaired) electrons. The Morgan fingerprint density at radius 2 is 2.55 bits per heavy atom. The summed E-state index contributed by atoms with van der Waals surface area (Å²) in [5.41, 5.74) is 0.752. The fourth-order valence-electron chi connectivity index (χ4n) is 0.770. The van der Waals surface area contributed by atoms with E-state index in [1.54, 1.807) is 18.5 Å². The van der Waals surface area contributed by atoms with Gasteiger partial charge in [0.2, 0.25) is 0 Å². The van der Waals surface area contributed by atoms with Gasteiger partial charge in [0.05, 0.1) is 18.4 Å². The van der Waals surface area contributed by atoms with Gasteiger partial charge in [-0.25, -0.2) is 0 Å². The number of pyridine rings is 1. The molecule has 0 aliphatic heterocycles. The second-order valence-corrected chi connectivity index (χ2v) is 1.95. The first kappa shape index (κ1) is 7.62. The van der Waals surface area contributed by atoms with Crippen LogP contribution in [0.5, 0.6) is 5.75 Å². The Morgan fingerprint density at radius 1 is 1.73 bits per heavy atom. The second kappa shape index (κ2) is 3.62. The summed E-state index contributed by atoms with van der Waals surface area (Å²) in [6.07, 6.45) is 8.50. The molecule has 2 nitrogen and oxygen atoms in total. The predicted molar refractivity (Wildman–Crippen MR) is 43.3 cm³/mol. The van der Waals surface area contributed by atoms with Gasteiger partial charge in [0.1, 0.15) is 0 Å². The Bertz CT molecular complexity index is 275. The molecule has 0 unspecified atom stereocenters. The summed E-state index contributed by atoms with van der Waals surface area (Å²) in [6, 6.07) is 1.75. The molecule has 11 heavy (non-hydrogen) atoms. The largest absolute Gasteiger partial charge is 0.491 e. The molecule has 0 aromatic carbocycles. The van der Waals surface area contributed by atoms with E-state index in [0.717, 1.165) is 5.56 Å². The van der Waals surface area contributed by atoms with Crippen LogP contribution in [-0.2, 0) is 0 Å². The molecule has 1 heterocycles. The van der Waals surface area contributed by atoms with Crippen LogP contribution in [0.3, 0.4) is 0 Å². The number of nitrogens with zero attached hydrogens (tertiary/aromatic N) is 1. The minimum Gasteiger partial charge on any atom is -0.491 e. The monoisotopic (exact) mass is 147 g/mol. The normalized spacial score (nSPS) is 8.73. The number of ether oxygens (including phenoxy) is 1. The highest BCUT2D eigenvalue weighted by atomic mass is 16.5. The Hall–Kier alpha value is -1.49. The molecule has 0 spiro atoms. The molecule has 2 heteroatoms. The topological polar surface area (TPSA) is 22.1 Å². The lowest BCUT2D eigenvalue weighted by Gasteiger charge is -2.02. The maximum atomic E-state index is 5.22. The molecule has 1 aromatic heterocycles. The predicted octanol–water partition coefficient (Wildman–Crippen LogP) is 1.46. The molecule has 0 saturated carbocycles. The van der Waals surface area contributed by atoms with Crippen LogP contribution >= 0.6 is 0 Å². The molecule has 0 N–H and O–H groups in total. The molecule has 1 aromatic rings. The summed E-state index contributed by atoms with van der Waals surface area (Å²) in [5, 5.41) is 0. The molecule has 1 rings (SSSR count). The van der Waals surface area contributed by atoms with Crippen molar-refractivity contribution in [2.75, 3.05) is 6.61 Å². The molecule has 0 amide bonds. The van der Waals surface area contributed by atoms with Crippen molar-refractivity contribution in [3.63, 3.8) is 0 Å². The van der Waals surface area contributed by atoms with Gasteiger partial charge in [-0.05, 0) is 13.0 Å². The van der Waals surface area contributed by atoms with Gasteiger partial charge in [0.25, 0.3) is 0 Å². The zero-order chi connectivity index (χ0) is 8.10. The SMILES string of the molecule is C#Cc1ccncc1OCC. The van der Waals surface area contributed by atoms with Gasteiger partial charge in [-0.15, -0.1) is 6.42 Å². The van der Waals surface area contributed by atoms with Crippen LogP contribution < -0.4 is 4.74 Å². The van der Waals surface area contributed by atoms with Crippen LogP contribution in [-0.4, -0.2) is 11.6 Å². The van der Waals surface area contributed by atoms with Crippen molar-refractivity contribution in [3.8, 4) is 18.1 Å². The first-order valence-corrected chi connectivity index (χ1v) is 3.42. The van der Waals surface area contributed by atoms with Crippen molar-refractivity contribution >= 4 is 0 Å². The number of rotatable bonds is 2. The van der Waals surface area contributed by atoms with Crippen LogP contribution in [0.15, 0.2) is 18.5 Å². The van der Waals surface area contributed by atoms with Gasteiger partial charge in [-0.1, -0.05) is 5.92 Å². The maximum absolute atomic E-state index is 5.22. The van der Waals surface area contributed by atoms with E-state index in [2.05, 4.69) is 10.9 Å². The van der Waals surface area contributed by atoms with Crippen molar-refractivity contribution in [3.05, 3.63) is 24.0 Å². The fourth-order valence-corrected chi connectivity index (χ4v) is 0.770. The molecule has 56 valence electrons. The molecule has 0 atom stereocenters. The molecular weight excluding hydrogens is 138 g/mol. The minimum absolute atomic E-state index is 0.611. The molecule has 0 saturated heterocycles. The smallest absolute Gasteiger partial charge is 0.153 e. The van der Waals surface area contributed by atoms with Crippen molar-refractivity contribution in [2.45, 2.75) is 6.92 Å². The third-order valence-corrected chi connectivity index (χ3v) is 1.24. The first-order valence-electron chi connectivity index (χ1n) is 3.42. The van der Waals surface area contributed by atoms with Gasteiger partial charge in [-0.2, -0.15) is 0 Å². The van der Waals surface area contributed by atoms with E-state index in [1.807, 2.05) is 6.92 Å². The van der Waals surface area contributed by atoms with Crippen LogP contribution in [0, 0.1) is 12.3 Å². The molecule has 0 bridgehead atoms. The lowest BCUT2D eigenvalue weighted by molar-refractivity contribution is 0.338. The van der Waals surface area contributed by atoms with Crippen LogP contribution in [0.1, 0.15) is 12.5 Å². The zero-order valence-corrected chi connectivity index (χ0v) is 6.37. The van der Waals surface area contributed by atoms with E-state index in [-0.39, 0.29) is 0 Å². The number of aromatic nitrogens is 1. The number of terminal acetylenes is 1. The van der Waals surface area contributed by atoms with E-state index in [9.17, 15) is 0 Å². The van der Waals surface area contributed by atoms with Crippen molar-refractivity contribution < 1.29 is 4.74 Å². The van der Waals surface area contributed by atoms with Crippen molar-refractivity contribution in [1.82, 2.24) is 4.98 Å². The van der Waals surface area contributed by atoms with Crippen LogP contribution in [0.25, 0.3) is 0 Å². The quantitative estimate of drug-likeness (QED) is 0.591. The fraction of sp³-hybridized carbons (Fsp3) is 0.222. The zero-order valence-electron chi connectivity index (χ0n) is 6.37. The lowest BCUT2D eigenvalue weighted by atomic mass is 10.2. The number of hydrogen-bond acceptors (Lipinski definition) is 2. The van der Waals surface area contributed by atoms with Gasteiger partial charge >= 0.3 is 0 Å². The van der Waals surface area contributed by atoms with E-state index in [1.165, 1.54) is 0 Å². The van der Waals surface area contributed by atoms with Crippen molar-refractivity contribution in [2.24, 2.45) is 0 Å². The third kappa shape index (κ3) is 1.71. The van der Waals surface area contributed by atoms with Crippen molar-refractivity contribution in [1.29, 1.82) is 0 Å². The Labute approximate surface area is 66.2 Å². The lowest BCUT2D eigenvalue weighted by Crippen LogP contribution is -1.94. The van der Waals surface area contributed by atoms with Gasteiger partial charge in [0.15, 0.2) is 5.75 Å². The van der Waals surface area contributed by atoms with E-state index in [4.69, 9.17) is 11.2 Å². The summed E-state index contributed by atoms with van der Waals surface area (Å²) in [4.78, 5) is 3.89. The molecule has 0 aliphatic carbocycles. The summed E-state index contributed by atoms with van der Waals surface area (Å²) in [5.74, 6) is 3.19. The van der Waals surface area contributed by atoms with Gasteiger partial charge in [-0.3, -0.25) is 4.98 Å². The average molecular weight is 147 g/mol. The summed E-state index contributed by atoms with van der Waals surface area (Å²) in [7, 11) is 0. The maximum Gasteiger partial charge on any atom is 0.153 e. The second-order valence-electron chi connectivity index (χ2n) is 1.95. The third-order valence-electron chi connectivity index (χ3n) is 1.24. The molecule has 0 aliphatic rings. The van der Waals surface area contributed by atoms with E-state index < -0.39 is 0 Å². The Morgan fingerprint density at radius 3 is 3.18 bits per heavy atom. The standard InChI is InChI=1S/C9H9NO/c1-3-8-5-6-10-7-9(8)11-4-2/h1,5-7H,4H2,2H3. The van der Waals surface area contributed by atoms with Gasteiger partial charge in [0, 0.05) is 6.20 Å². The highest BCUT2D eigenvalue weighted by Gasteiger charge is 1.97. The number of hydrogen-bond donors (Lipinski definition) is 0. The Kier molecular flexibility index (Phi) is 2.51. The van der Waals surface area contributed by atoms with Crippen LogP contribution in [0.2, 0.25) is 0 Å². The Balaban J connectivity index is 2.95. The average Bonchev–Trinajstić information content (AvgIpc) is 2.06.